The Balaban J connectivity index is 4.17. The first kappa shape index (κ1) is 61.1. The SMILES string of the molecule is CC/C=C\C/C=C\C/C=C\C/C=C\C/C=C\C/C=C\C/C=C\C/C=C\C/C=C\CCCCCC(=O)OCC(COC(=O)CCCCCCCC)OC(=O)CCCCCCCCCCCC. The monoisotopic (exact) mass is 901 g/mol. The smallest absolute Gasteiger partial charge is 0.306 e. The van der Waals surface area contributed by atoms with Gasteiger partial charge in [0.2, 0.25) is 0 Å². The summed E-state index contributed by atoms with van der Waals surface area (Å²) in [7, 11) is 0. The fraction of sp³-hybridized carbons (Fsp3) is 0.644. The number of allylic oxidation sites excluding steroid dienone is 18. The third-order valence-corrected chi connectivity index (χ3v) is 10.8. The molecule has 0 fully saturated rings. The molecular weight excluding hydrogens is 805 g/mol. The lowest BCUT2D eigenvalue weighted by Crippen LogP contribution is -2.30. The van der Waals surface area contributed by atoms with Gasteiger partial charge in [-0.2, -0.15) is 0 Å². The van der Waals surface area contributed by atoms with Crippen LogP contribution in [0.25, 0.3) is 0 Å². The van der Waals surface area contributed by atoms with Crippen molar-refractivity contribution in [1.29, 1.82) is 0 Å². The van der Waals surface area contributed by atoms with E-state index in [2.05, 4.69) is 130 Å². The average molecular weight is 901 g/mol. The molecule has 0 aliphatic heterocycles. The predicted molar refractivity (Wildman–Crippen MR) is 279 cm³/mol. The second kappa shape index (κ2) is 52.7. The number of rotatable bonds is 46. The molecule has 0 saturated heterocycles. The Morgan fingerprint density at radius 3 is 0.938 bits per heavy atom. The average Bonchev–Trinajstić information content (AvgIpc) is 3.30. The maximum Gasteiger partial charge on any atom is 0.306 e. The van der Waals surface area contributed by atoms with E-state index in [-0.39, 0.29) is 31.1 Å². The first-order valence-electron chi connectivity index (χ1n) is 26.4. The number of carbonyl (C=O) groups excluding carboxylic acids is 3. The number of hydrogen-bond acceptors (Lipinski definition) is 6. The van der Waals surface area contributed by atoms with Gasteiger partial charge in [-0.15, -0.1) is 0 Å². The van der Waals surface area contributed by atoms with Crippen LogP contribution in [0.3, 0.4) is 0 Å². The van der Waals surface area contributed by atoms with Crippen LogP contribution < -0.4 is 0 Å². The van der Waals surface area contributed by atoms with Crippen molar-refractivity contribution < 1.29 is 28.6 Å². The Bertz CT molecular complexity index is 1360. The molecule has 1 atom stereocenters. The Morgan fingerprint density at radius 2 is 0.600 bits per heavy atom. The van der Waals surface area contributed by atoms with Crippen LogP contribution in [-0.4, -0.2) is 37.2 Å². The van der Waals surface area contributed by atoms with Gasteiger partial charge in [-0.3, -0.25) is 14.4 Å². The van der Waals surface area contributed by atoms with E-state index in [1.165, 1.54) is 64.2 Å². The summed E-state index contributed by atoms with van der Waals surface area (Å²) in [5, 5.41) is 0. The first-order valence-corrected chi connectivity index (χ1v) is 26.4. The fourth-order valence-electron chi connectivity index (χ4n) is 6.84. The summed E-state index contributed by atoms with van der Waals surface area (Å²) >= 11 is 0. The molecule has 0 bridgehead atoms. The maximum atomic E-state index is 12.7. The predicted octanol–water partition coefficient (Wildman–Crippen LogP) is 17.5. The van der Waals surface area contributed by atoms with Gasteiger partial charge in [-0.05, 0) is 89.9 Å². The third-order valence-electron chi connectivity index (χ3n) is 10.8. The molecule has 0 radical (unpaired) electrons. The van der Waals surface area contributed by atoms with Gasteiger partial charge in [0.15, 0.2) is 6.10 Å². The van der Waals surface area contributed by atoms with Gasteiger partial charge in [0, 0.05) is 19.3 Å². The van der Waals surface area contributed by atoms with Crippen molar-refractivity contribution in [3.63, 3.8) is 0 Å². The molecule has 0 aromatic carbocycles. The summed E-state index contributed by atoms with van der Waals surface area (Å²) in [6, 6.07) is 0. The molecule has 1 unspecified atom stereocenters. The Hall–Kier alpha value is -3.93. The molecule has 65 heavy (non-hydrogen) atoms. The van der Waals surface area contributed by atoms with Crippen molar-refractivity contribution >= 4 is 17.9 Å². The van der Waals surface area contributed by atoms with Crippen LogP contribution in [0.1, 0.15) is 226 Å². The normalized spacial score (nSPS) is 13.0. The van der Waals surface area contributed by atoms with Crippen molar-refractivity contribution in [2.75, 3.05) is 13.2 Å². The number of hydrogen-bond donors (Lipinski definition) is 0. The van der Waals surface area contributed by atoms with Crippen molar-refractivity contribution in [2.45, 2.75) is 232 Å². The third kappa shape index (κ3) is 50.9. The summed E-state index contributed by atoms with van der Waals surface area (Å²) < 4.78 is 16.6. The van der Waals surface area contributed by atoms with Crippen molar-refractivity contribution in [3.8, 4) is 0 Å². The molecule has 0 aromatic heterocycles. The van der Waals surface area contributed by atoms with E-state index in [4.69, 9.17) is 14.2 Å². The molecule has 0 aliphatic carbocycles. The number of unbranched alkanes of at least 4 members (excludes halogenated alkanes) is 17. The number of carbonyl (C=O) groups is 3. The number of ether oxygens (including phenoxy) is 3. The van der Waals surface area contributed by atoms with Crippen LogP contribution in [-0.2, 0) is 28.6 Å². The minimum Gasteiger partial charge on any atom is -0.462 e. The van der Waals surface area contributed by atoms with Crippen LogP contribution in [0.15, 0.2) is 109 Å². The second-order valence-electron chi connectivity index (χ2n) is 17.1. The largest absolute Gasteiger partial charge is 0.462 e. The second-order valence-corrected chi connectivity index (χ2v) is 17.1. The van der Waals surface area contributed by atoms with Crippen LogP contribution in [0.4, 0.5) is 0 Å². The summed E-state index contributed by atoms with van der Waals surface area (Å²) in [6.45, 7) is 6.40. The van der Waals surface area contributed by atoms with E-state index in [9.17, 15) is 14.4 Å². The molecular formula is C59H96O6. The molecule has 368 valence electrons. The van der Waals surface area contributed by atoms with Crippen LogP contribution in [0, 0.1) is 0 Å². The van der Waals surface area contributed by atoms with E-state index in [0.29, 0.717) is 19.3 Å². The van der Waals surface area contributed by atoms with Crippen LogP contribution in [0.2, 0.25) is 0 Å². The van der Waals surface area contributed by atoms with E-state index in [1.54, 1.807) is 0 Å². The molecule has 0 amide bonds. The van der Waals surface area contributed by atoms with Gasteiger partial charge < -0.3 is 14.2 Å². The van der Waals surface area contributed by atoms with Gasteiger partial charge >= 0.3 is 17.9 Å². The molecule has 0 heterocycles. The topological polar surface area (TPSA) is 78.9 Å². The highest BCUT2D eigenvalue weighted by Gasteiger charge is 2.19. The lowest BCUT2D eigenvalue weighted by Gasteiger charge is -2.18. The van der Waals surface area contributed by atoms with Gasteiger partial charge in [0.05, 0.1) is 0 Å². The highest BCUT2D eigenvalue weighted by atomic mass is 16.6. The molecule has 0 aliphatic rings. The lowest BCUT2D eigenvalue weighted by molar-refractivity contribution is -0.167. The van der Waals surface area contributed by atoms with Crippen LogP contribution in [0.5, 0.6) is 0 Å². The van der Waals surface area contributed by atoms with Crippen molar-refractivity contribution in [1.82, 2.24) is 0 Å². The van der Waals surface area contributed by atoms with Gasteiger partial charge in [-0.25, -0.2) is 0 Å². The van der Waals surface area contributed by atoms with Crippen LogP contribution >= 0.6 is 0 Å². The molecule has 6 nitrogen and oxygen atoms in total. The Labute approximate surface area is 400 Å². The zero-order chi connectivity index (χ0) is 47.2. The van der Waals surface area contributed by atoms with E-state index in [0.717, 1.165) is 122 Å². The summed E-state index contributed by atoms with van der Waals surface area (Å²) in [6.07, 6.45) is 71.1. The first-order chi connectivity index (χ1) is 32.0. The van der Waals surface area contributed by atoms with E-state index < -0.39 is 6.10 Å². The number of esters is 3. The van der Waals surface area contributed by atoms with Gasteiger partial charge in [0.1, 0.15) is 13.2 Å². The molecule has 0 spiro atoms. The van der Waals surface area contributed by atoms with E-state index >= 15 is 0 Å². The Morgan fingerprint density at radius 1 is 0.323 bits per heavy atom. The highest BCUT2D eigenvalue weighted by molar-refractivity contribution is 5.71. The maximum absolute atomic E-state index is 12.7. The zero-order valence-electron chi connectivity index (χ0n) is 42.0. The molecule has 6 heteroatoms. The zero-order valence-corrected chi connectivity index (χ0v) is 42.0. The lowest BCUT2D eigenvalue weighted by atomic mass is 10.1. The van der Waals surface area contributed by atoms with Crippen molar-refractivity contribution in [2.24, 2.45) is 0 Å². The van der Waals surface area contributed by atoms with E-state index in [1.807, 2.05) is 0 Å². The fourth-order valence-corrected chi connectivity index (χ4v) is 6.84. The minimum absolute atomic E-state index is 0.0883. The summed E-state index contributed by atoms with van der Waals surface area (Å²) in [4.78, 5) is 37.6. The van der Waals surface area contributed by atoms with Gasteiger partial charge in [0.25, 0.3) is 0 Å². The standard InChI is InChI=1S/C59H96O6/c1-4-7-10-13-16-18-20-21-22-23-24-25-26-27-28-29-30-31-32-33-34-35-36-37-38-39-40-42-43-46-49-52-58(61)64-55-56(54-63-57(60)51-48-45-15-12-9-6-3)65-59(62)53-50-47-44-41-19-17-14-11-8-5-2/h7,10,16,18,21-22,24-25,27-28,30-31,33-34,36-37,39-40,56H,4-6,8-9,11-15,17,19-20,23,26,29,32,35,38,41-55H2,1-3H3/b10-7-,18-16-,22-21-,25-24-,28-27-,31-30-,34-33-,37-36-,40-39-. The van der Waals surface area contributed by atoms with Crippen molar-refractivity contribution in [3.05, 3.63) is 109 Å². The molecule has 0 rings (SSSR count). The molecule has 0 N–H and O–H groups in total. The molecule has 0 saturated carbocycles. The molecule has 0 aromatic rings. The quantitative estimate of drug-likeness (QED) is 0.0262. The van der Waals surface area contributed by atoms with Gasteiger partial charge in [-0.1, -0.05) is 226 Å². The highest BCUT2D eigenvalue weighted by Crippen LogP contribution is 2.13. The Kier molecular flexibility index (Phi) is 49.5. The summed E-state index contributed by atoms with van der Waals surface area (Å²) in [5.41, 5.74) is 0. The minimum atomic E-state index is -0.786. The summed E-state index contributed by atoms with van der Waals surface area (Å²) in [5.74, 6) is -0.940.